The second-order valence-electron chi connectivity index (χ2n) is 3.40. The molecule has 4 N–H and O–H groups in total. The quantitative estimate of drug-likeness (QED) is 0.616. The lowest BCUT2D eigenvalue weighted by atomic mass is 10.1. The highest BCUT2D eigenvalue weighted by molar-refractivity contribution is 5.74. The van der Waals surface area contributed by atoms with Crippen LogP contribution in [0.3, 0.4) is 0 Å². The molecule has 0 spiro atoms. The molecule has 0 aromatic heterocycles. The number of ether oxygens (including phenoxy) is 1. The van der Waals surface area contributed by atoms with Crippen LogP contribution in [0.1, 0.15) is 26.2 Å². The van der Waals surface area contributed by atoms with Gasteiger partial charge in [0, 0.05) is 12.5 Å². The van der Waals surface area contributed by atoms with Crippen LogP contribution in [0.2, 0.25) is 0 Å². The number of primary amides is 1. The molecule has 4 nitrogen and oxygen atoms in total. The minimum Gasteiger partial charge on any atom is -0.374 e. The molecular formula is C8H16N2O2. The van der Waals surface area contributed by atoms with Crippen molar-refractivity contribution in [3.8, 4) is 0 Å². The summed E-state index contributed by atoms with van der Waals surface area (Å²) in [7, 11) is 0. The molecule has 4 heteroatoms. The molecule has 1 amide bonds. The molecule has 12 heavy (non-hydrogen) atoms. The number of carbonyl (C=O) groups is 1. The molecule has 1 fully saturated rings. The van der Waals surface area contributed by atoms with Gasteiger partial charge >= 0.3 is 0 Å². The Balaban J connectivity index is 2.32. The maximum atomic E-state index is 10.5. The maximum absolute atomic E-state index is 10.5. The van der Waals surface area contributed by atoms with Gasteiger partial charge in [-0.05, 0) is 19.8 Å². The van der Waals surface area contributed by atoms with Crippen LogP contribution in [0.5, 0.6) is 0 Å². The molecule has 1 aliphatic heterocycles. The van der Waals surface area contributed by atoms with Crippen LogP contribution in [-0.4, -0.2) is 24.2 Å². The van der Waals surface area contributed by atoms with Gasteiger partial charge in [-0.2, -0.15) is 0 Å². The monoisotopic (exact) mass is 172 g/mol. The van der Waals surface area contributed by atoms with Gasteiger partial charge in [-0.3, -0.25) is 4.79 Å². The van der Waals surface area contributed by atoms with Gasteiger partial charge in [0.15, 0.2) is 0 Å². The molecule has 1 heterocycles. The molecule has 0 aliphatic carbocycles. The zero-order valence-corrected chi connectivity index (χ0v) is 7.32. The first-order valence-corrected chi connectivity index (χ1v) is 4.29. The Kier molecular flexibility index (Phi) is 3.05. The fourth-order valence-electron chi connectivity index (χ4n) is 1.51. The number of hydrogen-bond acceptors (Lipinski definition) is 3. The molecule has 3 atom stereocenters. The topological polar surface area (TPSA) is 78.3 Å². The highest BCUT2D eigenvalue weighted by atomic mass is 16.5. The third-order valence-corrected chi connectivity index (χ3v) is 2.18. The van der Waals surface area contributed by atoms with Gasteiger partial charge in [0.2, 0.25) is 5.91 Å². The third-order valence-electron chi connectivity index (χ3n) is 2.18. The normalized spacial score (nSPS) is 31.8. The van der Waals surface area contributed by atoms with Crippen molar-refractivity contribution in [1.29, 1.82) is 0 Å². The van der Waals surface area contributed by atoms with Crippen LogP contribution in [0, 0.1) is 0 Å². The van der Waals surface area contributed by atoms with Crippen LogP contribution < -0.4 is 11.5 Å². The predicted molar refractivity (Wildman–Crippen MR) is 45.4 cm³/mol. The molecule has 1 saturated heterocycles. The predicted octanol–water partition coefficient (Wildman–Crippen LogP) is -0.243. The molecule has 1 rings (SSSR count). The maximum Gasteiger partial charge on any atom is 0.219 e. The van der Waals surface area contributed by atoms with E-state index in [2.05, 4.69) is 0 Å². The van der Waals surface area contributed by atoms with Gasteiger partial charge in [0.1, 0.15) is 0 Å². The van der Waals surface area contributed by atoms with Crippen molar-refractivity contribution >= 4 is 5.91 Å². The van der Waals surface area contributed by atoms with E-state index in [-0.39, 0.29) is 30.6 Å². The molecular weight excluding hydrogens is 156 g/mol. The fraction of sp³-hybridized carbons (Fsp3) is 0.875. The van der Waals surface area contributed by atoms with Crippen molar-refractivity contribution in [3.05, 3.63) is 0 Å². The first-order valence-electron chi connectivity index (χ1n) is 4.29. The summed E-state index contributed by atoms with van der Waals surface area (Å²) in [5.41, 5.74) is 10.7. The SMILES string of the molecule is CC1CCC([C@H](N)CC(N)=O)O1. The zero-order valence-electron chi connectivity index (χ0n) is 7.32. The molecule has 2 unspecified atom stereocenters. The standard InChI is InChI=1S/C8H16N2O2/c1-5-2-3-7(12-5)6(9)4-8(10)11/h5-7H,2-4,9H2,1H3,(H2,10,11)/t5?,6-,7?/m1/s1. The molecule has 0 aromatic rings. The molecule has 0 radical (unpaired) electrons. The largest absolute Gasteiger partial charge is 0.374 e. The van der Waals surface area contributed by atoms with Gasteiger partial charge in [-0.1, -0.05) is 0 Å². The van der Waals surface area contributed by atoms with E-state index >= 15 is 0 Å². The highest BCUT2D eigenvalue weighted by Gasteiger charge is 2.27. The van der Waals surface area contributed by atoms with Gasteiger partial charge in [-0.25, -0.2) is 0 Å². The van der Waals surface area contributed by atoms with Crippen molar-refractivity contribution in [2.24, 2.45) is 11.5 Å². The van der Waals surface area contributed by atoms with Crippen LogP contribution in [-0.2, 0) is 9.53 Å². The number of nitrogens with two attached hydrogens (primary N) is 2. The second kappa shape index (κ2) is 3.87. The van der Waals surface area contributed by atoms with Gasteiger partial charge in [0.05, 0.1) is 12.2 Å². The minimum atomic E-state index is -0.356. The summed E-state index contributed by atoms with van der Waals surface area (Å²) in [6.07, 6.45) is 2.48. The van der Waals surface area contributed by atoms with Crippen LogP contribution >= 0.6 is 0 Å². The molecule has 0 bridgehead atoms. The Morgan fingerprint density at radius 3 is 2.75 bits per heavy atom. The number of hydrogen-bond donors (Lipinski definition) is 2. The van der Waals surface area contributed by atoms with E-state index in [1.54, 1.807) is 0 Å². The molecule has 0 aromatic carbocycles. The average Bonchev–Trinajstić information content (AvgIpc) is 2.34. The van der Waals surface area contributed by atoms with Gasteiger partial charge < -0.3 is 16.2 Å². The Morgan fingerprint density at radius 2 is 2.33 bits per heavy atom. The number of amides is 1. The van der Waals surface area contributed by atoms with Crippen LogP contribution in [0.25, 0.3) is 0 Å². The molecule has 70 valence electrons. The summed E-state index contributed by atoms with van der Waals surface area (Å²) >= 11 is 0. The number of rotatable bonds is 3. The van der Waals surface area contributed by atoms with E-state index in [1.807, 2.05) is 6.92 Å². The van der Waals surface area contributed by atoms with E-state index in [9.17, 15) is 4.79 Å². The van der Waals surface area contributed by atoms with E-state index in [0.717, 1.165) is 12.8 Å². The molecule has 1 aliphatic rings. The summed E-state index contributed by atoms with van der Waals surface area (Å²) < 4.78 is 5.49. The third kappa shape index (κ3) is 2.46. The van der Waals surface area contributed by atoms with Crippen molar-refractivity contribution in [2.45, 2.75) is 44.4 Å². The second-order valence-corrected chi connectivity index (χ2v) is 3.40. The lowest BCUT2D eigenvalue weighted by molar-refractivity contribution is -0.119. The van der Waals surface area contributed by atoms with Crippen molar-refractivity contribution in [2.75, 3.05) is 0 Å². The van der Waals surface area contributed by atoms with E-state index < -0.39 is 0 Å². The summed E-state index contributed by atoms with van der Waals surface area (Å²) in [6.45, 7) is 2.01. The highest BCUT2D eigenvalue weighted by Crippen LogP contribution is 2.21. The van der Waals surface area contributed by atoms with E-state index in [1.165, 1.54) is 0 Å². The Labute approximate surface area is 72.2 Å². The summed E-state index contributed by atoms with van der Waals surface area (Å²) in [6, 6.07) is -0.229. The van der Waals surface area contributed by atoms with Crippen LogP contribution in [0.15, 0.2) is 0 Å². The van der Waals surface area contributed by atoms with Gasteiger partial charge in [-0.15, -0.1) is 0 Å². The fourth-order valence-corrected chi connectivity index (χ4v) is 1.51. The summed E-state index contributed by atoms with van der Waals surface area (Å²) in [5.74, 6) is -0.356. The van der Waals surface area contributed by atoms with E-state index in [0.29, 0.717) is 0 Å². The smallest absolute Gasteiger partial charge is 0.219 e. The lowest BCUT2D eigenvalue weighted by Gasteiger charge is -2.17. The lowest BCUT2D eigenvalue weighted by Crippen LogP contribution is -2.38. The minimum absolute atomic E-state index is 0.0208. The first kappa shape index (κ1) is 9.48. The van der Waals surface area contributed by atoms with Crippen molar-refractivity contribution < 1.29 is 9.53 Å². The van der Waals surface area contributed by atoms with Crippen molar-refractivity contribution in [3.63, 3.8) is 0 Å². The van der Waals surface area contributed by atoms with E-state index in [4.69, 9.17) is 16.2 Å². The molecule has 0 saturated carbocycles. The summed E-state index contributed by atoms with van der Waals surface area (Å²) in [4.78, 5) is 10.5. The number of carbonyl (C=O) groups excluding carboxylic acids is 1. The Morgan fingerprint density at radius 1 is 1.67 bits per heavy atom. The Bertz CT molecular complexity index is 172. The van der Waals surface area contributed by atoms with Gasteiger partial charge in [0.25, 0.3) is 0 Å². The van der Waals surface area contributed by atoms with Crippen LogP contribution in [0.4, 0.5) is 0 Å². The zero-order chi connectivity index (χ0) is 9.14. The first-order chi connectivity index (χ1) is 5.59. The van der Waals surface area contributed by atoms with Crippen molar-refractivity contribution in [1.82, 2.24) is 0 Å². The Hall–Kier alpha value is -0.610. The average molecular weight is 172 g/mol. The summed E-state index contributed by atoms with van der Waals surface area (Å²) in [5, 5.41) is 0.